The first-order valence-corrected chi connectivity index (χ1v) is 10.8. The van der Waals surface area contributed by atoms with E-state index in [1.807, 2.05) is 22.5 Å². The normalized spacial score (nSPS) is 16.7. The Hall–Kier alpha value is -2.75. The lowest BCUT2D eigenvalue weighted by Crippen LogP contribution is -2.37. The van der Waals surface area contributed by atoms with Gasteiger partial charge in [-0.05, 0) is 48.2 Å². The summed E-state index contributed by atoms with van der Waals surface area (Å²) in [4.78, 5) is 11.8. The predicted octanol–water partition coefficient (Wildman–Crippen LogP) is 2.34. The summed E-state index contributed by atoms with van der Waals surface area (Å²) in [6.45, 7) is 1.37. The van der Waals surface area contributed by atoms with Crippen LogP contribution < -0.4 is 5.73 Å². The highest BCUT2D eigenvalue weighted by atomic mass is 32.2. The van der Waals surface area contributed by atoms with Crippen molar-refractivity contribution < 1.29 is 18.8 Å². The maximum absolute atomic E-state index is 13.4. The minimum Gasteiger partial charge on any atom is -0.481 e. The van der Waals surface area contributed by atoms with Crippen molar-refractivity contribution in [2.24, 2.45) is 0 Å². The van der Waals surface area contributed by atoms with E-state index in [-0.39, 0.29) is 12.5 Å². The molecule has 1 aromatic carbocycles. The van der Waals surface area contributed by atoms with Crippen molar-refractivity contribution in [1.82, 2.24) is 13.9 Å². The van der Waals surface area contributed by atoms with Crippen LogP contribution in [-0.2, 0) is 26.9 Å². The van der Waals surface area contributed by atoms with Gasteiger partial charge in [-0.3, -0.25) is 4.79 Å². The number of carboxylic acid groups (broad SMARTS) is 1. The van der Waals surface area contributed by atoms with Crippen molar-refractivity contribution in [3.63, 3.8) is 0 Å². The van der Waals surface area contributed by atoms with E-state index in [1.54, 1.807) is 36.2 Å². The fourth-order valence-electron chi connectivity index (χ4n) is 3.79. The van der Waals surface area contributed by atoms with Crippen LogP contribution >= 0.6 is 0 Å². The maximum atomic E-state index is 13.4. The highest BCUT2D eigenvalue weighted by Gasteiger charge is 2.25. The van der Waals surface area contributed by atoms with Gasteiger partial charge in [-0.2, -0.15) is 5.10 Å². The number of aliphatic carboxylic acids is 1. The number of benzene rings is 1. The number of methoxy groups -OCH3 is 1. The molecular formula is C21H24N4O4S. The topological polar surface area (TPSA) is 110 Å². The van der Waals surface area contributed by atoms with Gasteiger partial charge in [0, 0.05) is 37.6 Å². The molecule has 1 saturated heterocycles. The smallest absolute Gasteiger partial charge is 0.307 e. The minimum atomic E-state index is -1.37. The number of anilines is 1. The molecular weight excluding hydrogens is 404 g/mol. The van der Waals surface area contributed by atoms with Crippen LogP contribution in [0.4, 0.5) is 5.69 Å². The van der Waals surface area contributed by atoms with Gasteiger partial charge in [0.15, 0.2) is 0 Å². The molecule has 158 valence electrons. The standard InChI is InChI=1S/C21H24N4O4S/c1-29-17-5-7-24(8-6-17)30(28)20-12-16(22)2-3-18(20)14-4-9-25-19(10-14)15(13-23-25)11-21(26)27/h2-4,9-10,12-13,17H,5-8,11,22H2,1H3,(H,26,27). The molecule has 30 heavy (non-hydrogen) atoms. The van der Waals surface area contributed by atoms with E-state index in [0.29, 0.717) is 34.8 Å². The van der Waals surface area contributed by atoms with Crippen molar-refractivity contribution in [1.29, 1.82) is 0 Å². The number of rotatable bonds is 6. The number of carbonyl (C=O) groups is 1. The fourth-order valence-corrected chi connectivity index (χ4v) is 5.22. The predicted molar refractivity (Wildman–Crippen MR) is 114 cm³/mol. The molecule has 0 aliphatic carbocycles. The summed E-state index contributed by atoms with van der Waals surface area (Å²) in [7, 11) is 0.340. The lowest BCUT2D eigenvalue weighted by molar-refractivity contribution is -0.136. The first kappa shape index (κ1) is 20.5. The summed E-state index contributed by atoms with van der Waals surface area (Å²) in [6, 6.07) is 9.17. The second-order valence-electron chi connectivity index (χ2n) is 7.35. The quantitative estimate of drug-likeness (QED) is 0.583. The molecule has 2 aromatic heterocycles. The zero-order valence-electron chi connectivity index (χ0n) is 16.7. The molecule has 0 radical (unpaired) electrons. The molecule has 1 fully saturated rings. The number of fused-ring (bicyclic) bond motifs is 1. The third kappa shape index (κ3) is 4.09. The van der Waals surface area contributed by atoms with E-state index in [4.69, 9.17) is 15.6 Å². The van der Waals surface area contributed by atoms with Gasteiger partial charge in [0.05, 0.1) is 29.1 Å². The third-order valence-corrected chi connectivity index (χ3v) is 6.96. The van der Waals surface area contributed by atoms with Gasteiger partial charge in [-0.1, -0.05) is 6.07 Å². The highest BCUT2D eigenvalue weighted by Crippen LogP contribution is 2.32. The summed E-state index contributed by atoms with van der Waals surface area (Å²) < 4.78 is 22.4. The van der Waals surface area contributed by atoms with Crippen molar-refractivity contribution in [3.05, 3.63) is 48.3 Å². The van der Waals surface area contributed by atoms with E-state index in [0.717, 1.165) is 24.0 Å². The Morgan fingerprint density at radius 3 is 2.77 bits per heavy atom. The summed E-state index contributed by atoms with van der Waals surface area (Å²) >= 11 is 0. The number of nitrogen functional groups attached to an aromatic ring is 1. The van der Waals surface area contributed by atoms with Crippen molar-refractivity contribution >= 4 is 28.2 Å². The molecule has 1 aliphatic heterocycles. The van der Waals surface area contributed by atoms with Crippen LogP contribution in [-0.4, -0.2) is 55.5 Å². The van der Waals surface area contributed by atoms with Crippen LogP contribution in [0.5, 0.6) is 0 Å². The van der Waals surface area contributed by atoms with Crippen LogP contribution in [0.2, 0.25) is 0 Å². The second kappa shape index (κ2) is 8.55. The Kier molecular flexibility index (Phi) is 5.85. The Morgan fingerprint density at radius 2 is 2.07 bits per heavy atom. The van der Waals surface area contributed by atoms with Crippen LogP contribution in [0.3, 0.4) is 0 Å². The summed E-state index contributed by atoms with van der Waals surface area (Å²) in [5.41, 5.74) is 9.55. The molecule has 1 aliphatic rings. The average Bonchev–Trinajstić information content (AvgIpc) is 3.14. The van der Waals surface area contributed by atoms with Crippen LogP contribution in [0.25, 0.3) is 16.6 Å². The number of hydrogen-bond acceptors (Lipinski definition) is 5. The van der Waals surface area contributed by atoms with Crippen molar-refractivity contribution in [3.8, 4) is 11.1 Å². The van der Waals surface area contributed by atoms with Gasteiger partial charge in [0.25, 0.3) is 0 Å². The molecule has 3 aromatic rings. The molecule has 3 heterocycles. The number of nitrogens with zero attached hydrogens (tertiary/aromatic N) is 3. The number of nitrogens with two attached hydrogens (primary N) is 1. The Bertz CT molecular complexity index is 1110. The number of hydrogen-bond donors (Lipinski definition) is 2. The zero-order valence-corrected chi connectivity index (χ0v) is 17.5. The molecule has 4 rings (SSSR count). The maximum Gasteiger partial charge on any atom is 0.307 e. The van der Waals surface area contributed by atoms with Gasteiger partial charge in [0.2, 0.25) is 0 Å². The summed E-state index contributed by atoms with van der Waals surface area (Å²) in [6.07, 6.45) is 5.11. The van der Waals surface area contributed by atoms with E-state index in [2.05, 4.69) is 5.10 Å². The van der Waals surface area contributed by atoms with Gasteiger partial charge >= 0.3 is 5.97 Å². The molecule has 0 amide bonds. The highest BCUT2D eigenvalue weighted by molar-refractivity contribution is 7.82. The molecule has 0 spiro atoms. The first-order valence-electron chi connectivity index (χ1n) is 9.74. The zero-order chi connectivity index (χ0) is 21.3. The lowest BCUT2D eigenvalue weighted by Gasteiger charge is -2.30. The monoisotopic (exact) mass is 428 g/mol. The summed E-state index contributed by atoms with van der Waals surface area (Å²) in [5.74, 6) is -0.913. The molecule has 9 heteroatoms. The molecule has 8 nitrogen and oxygen atoms in total. The molecule has 1 atom stereocenters. The average molecular weight is 429 g/mol. The van der Waals surface area contributed by atoms with Gasteiger partial charge in [-0.15, -0.1) is 0 Å². The summed E-state index contributed by atoms with van der Waals surface area (Å²) in [5, 5.41) is 13.4. The fraction of sp³-hybridized carbons (Fsp3) is 0.333. The molecule has 0 saturated carbocycles. The largest absolute Gasteiger partial charge is 0.481 e. The molecule has 3 N–H and O–H groups in total. The number of carboxylic acids is 1. The number of ether oxygens (including phenoxy) is 1. The van der Waals surface area contributed by atoms with E-state index in [9.17, 15) is 9.00 Å². The Balaban J connectivity index is 1.71. The van der Waals surface area contributed by atoms with Crippen LogP contribution in [0.1, 0.15) is 18.4 Å². The number of aromatic nitrogens is 2. The Morgan fingerprint density at radius 1 is 1.30 bits per heavy atom. The van der Waals surface area contributed by atoms with Crippen LogP contribution in [0.15, 0.2) is 47.6 Å². The minimum absolute atomic E-state index is 0.109. The Labute approximate surface area is 176 Å². The third-order valence-electron chi connectivity index (χ3n) is 5.42. The molecule has 0 bridgehead atoms. The van der Waals surface area contributed by atoms with Gasteiger partial charge < -0.3 is 15.6 Å². The van der Waals surface area contributed by atoms with Gasteiger partial charge in [-0.25, -0.2) is 13.0 Å². The van der Waals surface area contributed by atoms with E-state index in [1.165, 1.54) is 0 Å². The van der Waals surface area contributed by atoms with Crippen molar-refractivity contribution in [2.45, 2.75) is 30.3 Å². The first-order chi connectivity index (χ1) is 14.5. The molecule has 1 unspecified atom stereocenters. The van der Waals surface area contributed by atoms with Gasteiger partial charge in [0.1, 0.15) is 11.0 Å². The van der Waals surface area contributed by atoms with Crippen LogP contribution in [0, 0.1) is 0 Å². The SMILES string of the molecule is COC1CCN(S(=O)c2cc(N)ccc2-c2ccn3ncc(CC(=O)O)c3c2)CC1. The van der Waals surface area contributed by atoms with Crippen molar-refractivity contribution in [2.75, 3.05) is 25.9 Å². The second-order valence-corrected chi connectivity index (χ2v) is 8.81. The van der Waals surface area contributed by atoms with E-state index < -0.39 is 17.0 Å². The number of piperidine rings is 1. The lowest BCUT2D eigenvalue weighted by atomic mass is 10.0. The van der Waals surface area contributed by atoms with E-state index >= 15 is 0 Å². The number of pyridine rings is 1.